The van der Waals surface area contributed by atoms with Crippen LogP contribution in [0.4, 0.5) is 14.9 Å². The normalized spacial score (nSPS) is 13.6. The maximum atomic E-state index is 13.9. The number of nitrogens with zero attached hydrogens (tertiary/aromatic N) is 2. The zero-order valence-electron chi connectivity index (χ0n) is 14.4. The lowest BCUT2D eigenvalue weighted by Gasteiger charge is -2.22. The van der Waals surface area contributed by atoms with E-state index in [1.807, 2.05) is 0 Å². The van der Waals surface area contributed by atoms with Crippen molar-refractivity contribution < 1.29 is 23.9 Å². The van der Waals surface area contributed by atoms with Crippen molar-refractivity contribution in [3.63, 3.8) is 0 Å². The van der Waals surface area contributed by atoms with Crippen molar-refractivity contribution in [2.24, 2.45) is 0 Å². The fraction of sp³-hybridized carbons (Fsp3) is 0.211. The van der Waals surface area contributed by atoms with Crippen LogP contribution in [-0.4, -0.2) is 47.5 Å². The third-order valence-electron chi connectivity index (χ3n) is 4.20. The third-order valence-corrected chi connectivity index (χ3v) is 4.20. The number of nitrogens with one attached hydrogen (secondary N) is 1. The van der Waals surface area contributed by atoms with E-state index in [1.165, 1.54) is 28.0 Å². The van der Waals surface area contributed by atoms with Gasteiger partial charge in [0.2, 0.25) is 5.91 Å². The lowest BCUT2D eigenvalue weighted by atomic mass is 10.1. The number of aliphatic hydroxyl groups excluding tert-OH is 1. The summed E-state index contributed by atoms with van der Waals surface area (Å²) in [5, 5.41) is 11.4. The highest BCUT2D eigenvalue weighted by molar-refractivity contribution is 6.12. The van der Waals surface area contributed by atoms with E-state index in [9.17, 15) is 23.9 Å². The molecule has 0 radical (unpaired) electrons. The molecule has 1 fully saturated rings. The molecule has 0 atom stereocenters. The van der Waals surface area contributed by atoms with Gasteiger partial charge in [-0.1, -0.05) is 18.2 Å². The number of urea groups is 1. The van der Waals surface area contributed by atoms with Crippen molar-refractivity contribution in [1.29, 1.82) is 0 Å². The predicted molar refractivity (Wildman–Crippen MR) is 95.6 cm³/mol. The number of hydrogen-bond acceptors (Lipinski definition) is 4. The summed E-state index contributed by atoms with van der Waals surface area (Å²) in [6.45, 7) is -0.251. The first-order valence-corrected chi connectivity index (χ1v) is 8.34. The van der Waals surface area contributed by atoms with Crippen LogP contribution in [0.1, 0.15) is 15.9 Å². The fourth-order valence-corrected chi connectivity index (χ4v) is 2.82. The molecule has 0 aliphatic carbocycles. The van der Waals surface area contributed by atoms with Gasteiger partial charge in [0, 0.05) is 29.9 Å². The standard InChI is InChI=1S/C19H18FN3O4/c20-16-4-2-1-3-14(16)11-22(9-10-24)18(26)13-5-7-15(8-6-13)23-12-17(25)21-19(23)27/h1-8,24H,9-12H2,(H,21,25,27). The van der Waals surface area contributed by atoms with Gasteiger partial charge >= 0.3 is 6.03 Å². The summed E-state index contributed by atoms with van der Waals surface area (Å²) in [6.07, 6.45) is 0. The van der Waals surface area contributed by atoms with Gasteiger partial charge in [0.05, 0.1) is 6.61 Å². The van der Waals surface area contributed by atoms with E-state index in [0.717, 1.165) is 0 Å². The van der Waals surface area contributed by atoms with E-state index in [1.54, 1.807) is 30.3 Å². The molecule has 0 unspecified atom stereocenters. The number of carbonyl (C=O) groups excluding carboxylic acids is 3. The average Bonchev–Trinajstić information content (AvgIpc) is 3.01. The third kappa shape index (κ3) is 4.12. The Bertz CT molecular complexity index is 870. The molecular formula is C19H18FN3O4. The molecule has 140 valence electrons. The molecule has 7 nitrogen and oxygen atoms in total. The van der Waals surface area contributed by atoms with Crippen LogP contribution in [0.5, 0.6) is 0 Å². The van der Waals surface area contributed by atoms with Gasteiger partial charge in [0.1, 0.15) is 12.4 Å². The molecule has 8 heteroatoms. The Morgan fingerprint density at radius 3 is 2.44 bits per heavy atom. The first-order valence-electron chi connectivity index (χ1n) is 8.34. The summed E-state index contributed by atoms with van der Waals surface area (Å²) >= 11 is 0. The Morgan fingerprint density at radius 2 is 1.85 bits per heavy atom. The highest BCUT2D eigenvalue weighted by Crippen LogP contribution is 2.19. The van der Waals surface area contributed by atoms with E-state index in [2.05, 4.69) is 5.32 Å². The van der Waals surface area contributed by atoms with Gasteiger partial charge in [-0.05, 0) is 30.3 Å². The number of anilines is 1. The molecular weight excluding hydrogens is 353 g/mol. The second-order valence-electron chi connectivity index (χ2n) is 6.03. The zero-order chi connectivity index (χ0) is 19.4. The van der Waals surface area contributed by atoms with Gasteiger partial charge in [-0.3, -0.25) is 19.8 Å². The number of aliphatic hydroxyl groups is 1. The lowest BCUT2D eigenvalue weighted by molar-refractivity contribution is -0.117. The summed E-state index contributed by atoms with van der Waals surface area (Å²) in [7, 11) is 0. The number of rotatable bonds is 6. The molecule has 0 saturated carbocycles. The Labute approximate surface area is 155 Å². The molecule has 0 bridgehead atoms. The molecule has 4 amide bonds. The van der Waals surface area contributed by atoms with Gasteiger partial charge < -0.3 is 10.0 Å². The van der Waals surface area contributed by atoms with Crippen LogP contribution in [0, 0.1) is 5.82 Å². The number of benzene rings is 2. The second kappa shape index (κ2) is 7.96. The molecule has 2 aromatic carbocycles. The summed E-state index contributed by atoms with van der Waals surface area (Å²) < 4.78 is 13.9. The minimum atomic E-state index is -0.513. The monoisotopic (exact) mass is 371 g/mol. The van der Waals surface area contributed by atoms with E-state index in [-0.39, 0.29) is 38.1 Å². The van der Waals surface area contributed by atoms with Gasteiger partial charge in [0.25, 0.3) is 5.91 Å². The fourth-order valence-electron chi connectivity index (χ4n) is 2.82. The highest BCUT2D eigenvalue weighted by Gasteiger charge is 2.28. The van der Waals surface area contributed by atoms with Crippen molar-refractivity contribution in [3.8, 4) is 0 Å². The van der Waals surface area contributed by atoms with Crippen LogP contribution in [0.15, 0.2) is 48.5 Å². The van der Waals surface area contributed by atoms with Crippen molar-refractivity contribution in [1.82, 2.24) is 10.2 Å². The maximum Gasteiger partial charge on any atom is 0.329 e. The molecule has 3 rings (SSSR count). The Morgan fingerprint density at radius 1 is 1.15 bits per heavy atom. The summed E-state index contributed by atoms with van der Waals surface area (Å²) in [6, 6.07) is 11.8. The lowest BCUT2D eigenvalue weighted by Crippen LogP contribution is -2.33. The predicted octanol–water partition coefficient (Wildman–Crippen LogP) is 1.52. The van der Waals surface area contributed by atoms with Crippen molar-refractivity contribution >= 4 is 23.5 Å². The molecule has 2 aromatic rings. The summed E-state index contributed by atoms with van der Waals surface area (Å²) in [5.41, 5.74) is 1.16. The number of imide groups is 1. The molecule has 1 heterocycles. The zero-order valence-corrected chi connectivity index (χ0v) is 14.4. The second-order valence-corrected chi connectivity index (χ2v) is 6.03. The van der Waals surface area contributed by atoms with Crippen LogP contribution >= 0.6 is 0 Å². The van der Waals surface area contributed by atoms with Gasteiger partial charge in [-0.2, -0.15) is 0 Å². The molecule has 1 aliphatic heterocycles. The quantitative estimate of drug-likeness (QED) is 0.754. The minimum absolute atomic E-state index is 0.0247. The van der Waals surface area contributed by atoms with E-state index in [0.29, 0.717) is 16.8 Å². The largest absolute Gasteiger partial charge is 0.395 e. The smallest absolute Gasteiger partial charge is 0.329 e. The molecule has 0 spiro atoms. The van der Waals surface area contributed by atoms with Crippen LogP contribution in [0.25, 0.3) is 0 Å². The van der Waals surface area contributed by atoms with Crippen molar-refractivity contribution in [2.45, 2.75) is 6.54 Å². The van der Waals surface area contributed by atoms with E-state index >= 15 is 0 Å². The average molecular weight is 371 g/mol. The van der Waals surface area contributed by atoms with Crippen LogP contribution < -0.4 is 10.2 Å². The van der Waals surface area contributed by atoms with Crippen LogP contribution in [0.2, 0.25) is 0 Å². The number of halogens is 1. The van der Waals surface area contributed by atoms with Crippen molar-refractivity contribution in [3.05, 3.63) is 65.5 Å². The molecule has 1 saturated heterocycles. The number of carbonyl (C=O) groups is 3. The SMILES string of the molecule is O=C1CN(c2ccc(C(=O)N(CCO)Cc3ccccc3F)cc2)C(=O)N1. The topological polar surface area (TPSA) is 90.0 Å². The highest BCUT2D eigenvalue weighted by atomic mass is 19.1. The van der Waals surface area contributed by atoms with Crippen molar-refractivity contribution in [2.75, 3.05) is 24.6 Å². The Balaban J connectivity index is 1.77. The van der Waals surface area contributed by atoms with Gasteiger partial charge in [-0.15, -0.1) is 0 Å². The van der Waals surface area contributed by atoms with E-state index in [4.69, 9.17) is 0 Å². The van der Waals surface area contributed by atoms with Crippen LogP contribution in [0.3, 0.4) is 0 Å². The van der Waals surface area contributed by atoms with Gasteiger partial charge in [-0.25, -0.2) is 9.18 Å². The molecule has 27 heavy (non-hydrogen) atoms. The number of amides is 4. The Kier molecular flexibility index (Phi) is 5.46. The Hall–Kier alpha value is -3.26. The first kappa shape index (κ1) is 18.5. The van der Waals surface area contributed by atoms with Crippen LogP contribution in [-0.2, 0) is 11.3 Å². The van der Waals surface area contributed by atoms with E-state index < -0.39 is 11.8 Å². The first-order chi connectivity index (χ1) is 13.0. The minimum Gasteiger partial charge on any atom is -0.395 e. The summed E-state index contributed by atoms with van der Waals surface area (Å²) in [4.78, 5) is 38.3. The summed E-state index contributed by atoms with van der Waals surface area (Å²) in [5.74, 6) is -1.19. The maximum absolute atomic E-state index is 13.9. The molecule has 1 aliphatic rings. The van der Waals surface area contributed by atoms with Gasteiger partial charge in [0.15, 0.2) is 0 Å². The molecule has 0 aromatic heterocycles. The number of hydrogen-bond donors (Lipinski definition) is 2. The molecule has 2 N–H and O–H groups in total.